The van der Waals surface area contributed by atoms with Crippen LogP contribution in [0.3, 0.4) is 0 Å². The van der Waals surface area contributed by atoms with E-state index in [2.05, 4.69) is 20.5 Å². The molecule has 6 heteroatoms. The SMILES string of the molecule is S=c1[nH]nc(NCCc2ccncc2)s1. The molecular weight excluding hydrogens is 228 g/mol. The first-order valence-corrected chi connectivity index (χ1v) is 5.75. The van der Waals surface area contributed by atoms with E-state index in [0.29, 0.717) is 3.95 Å². The Morgan fingerprint density at radius 1 is 1.40 bits per heavy atom. The molecule has 0 bridgehead atoms. The molecule has 0 aliphatic heterocycles. The highest BCUT2D eigenvalue weighted by Crippen LogP contribution is 2.10. The maximum atomic E-state index is 4.93. The maximum Gasteiger partial charge on any atom is 0.204 e. The van der Waals surface area contributed by atoms with E-state index >= 15 is 0 Å². The predicted molar refractivity (Wildman–Crippen MR) is 63.7 cm³/mol. The second kappa shape index (κ2) is 4.99. The number of anilines is 1. The summed E-state index contributed by atoms with van der Waals surface area (Å²) in [7, 11) is 0. The van der Waals surface area contributed by atoms with Crippen LogP contribution in [0, 0.1) is 3.95 Å². The smallest absolute Gasteiger partial charge is 0.204 e. The molecule has 0 aromatic carbocycles. The fourth-order valence-electron chi connectivity index (χ4n) is 1.17. The normalized spacial score (nSPS) is 10.1. The highest BCUT2D eigenvalue weighted by molar-refractivity contribution is 7.73. The fourth-order valence-corrected chi connectivity index (χ4v) is 1.98. The van der Waals surface area contributed by atoms with E-state index in [0.717, 1.165) is 18.1 Å². The third-order valence-electron chi connectivity index (χ3n) is 1.88. The molecule has 0 unspecified atom stereocenters. The van der Waals surface area contributed by atoms with Gasteiger partial charge in [-0.15, -0.1) is 5.10 Å². The Bertz CT molecular complexity index is 462. The number of pyridine rings is 1. The number of H-pyrrole nitrogens is 1. The van der Waals surface area contributed by atoms with E-state index in [1.54, 1.807) is 12.4 Å². The summed E-state index contributed by atoms with van der Waals surface area (Å²) >= 11 is 6.38. The van der Waals surface area contributed by atoms with Crippen LogP contribution < -0.4 is 5.32 Å². The minimum absolute atomic E-state index is 0.696. The van der Waals surface area contributed by atoms with Gasteiger partial charge in [0.2, 0.25) is 5.13 Å². The van der Waals surface area contributed by atoms with Crippen LogP contribution in [0.5, 0.6) is 0 Å². The third kappa shape index (κ3) is 3.10. The summed E-state index contributed by atoms with van der Waals surface area (Å²) in [4.78, 5) is 3.97. The molecule has 78 valence electrons. The summed E-state index contributed by atoms with van der Waals surface area (Å²) < 4.78 is 0.696. The van der Waals surface area contributed by atoms with E-state index in [1.807, 2.05) is 12.1 Å². The van der Waals surface area contributed by atoms with Crippen molar-refractivity contribution in [1.82, 2.24) is 15.2 Å². The zero-order valence-corrected chi connectivity index (χ0v) is 9.57. The largest absolute Gasteiger partial charge is 0.360 e. The summed E-state index contributed by atoms with van der Waals surface area (Å²) in [5.74, 6) is 0. The van der Waals surface area contributed by atoms with Gasteiger partial charge in [-0.25, -0.2) is 0 Å². The Balaban J connectivity index is 1.83. The zero-order chi connectivity index (χ0) is 10.5. The lowest BCUT2D eigenvalue weighted by molar-refractivity contribution is 0.988. The molecule has 0 spiro atoms. The highest BCUT2D eigenvalue weighted by Gasteiger charge is 1.96. The molecule has 2 heterocycles. The Kier molecular flexibility index (Phi) is 3.41. The van der Waals surface area contributed by atoms with Crippen molar-refractivity contribution in [3.05, 3.63) is 34.0 Å². The Hall–Kier alpha value is -1.27. The van der Waals surface area contributed by atoms with Gasteiger partial charge in [0.1, 0.15) is 0 Å². The van der Waals surface area contributed by atoms with Gasteiger partial charge in [0.15, 0.2) is 3.95 Å². The quantitative estimate of drug-likeness (QED) is 0.802. The molecule has 0 radical (unpaired) electrons. The van der Waals surface area contributed by atoms with Crippen molar-refractivity contribution < 1.29 is 0 Å². The van der Waals surface area contributed by atoms with E-state index in [4.69, 9.17) is 12.2 Å². The number of hydrogen-bond donors (Lipinski definition) is 2. The van der Waals surface area contributed by atoms with Crippen LogP contribution in [0.1, 0.15) is 5.56 Å². The van der Waals surface area contributed by atoms with E-state index in [-0.39, 0.29) is 0 Å². The molecule has 2 aromatic heterocycles. The number of nitrogens with one attached hydrogen (secondary N) is 2. The lowest BCUT2D eigenvalue weighted by atomic mass is 10.2. The molecule has 0 fully saturated rings. The van der Waals surface area contributed by atoms with Gasteiger partial charge in [-0.2, -0.15) is 0 Å². The van der Waals surface area contributed by atoms with E-state index < -0.39 is 0 Å². The van der Waals surface area contributed by atoms with Crippen LogP contribution in [-0.2, 0) is 6.42 Å². The second-order valence-corrected chi connectivity index (χ2v) is 4.62. The van der Waals surface area contributed by atoms with Crippen molar-refractivity contribution in [3.8, 4) is 0 Å². The average Bonchev–Trinajstić information content (AvgIpc) is 2.66. The summed E-state index contributed by atoms with van der Waals surface area (Å²) in [5, 5.41) is 10.8. The van der Waals surface area contributed by atoms with E-state index in [1.165, 1.54) is 16.9 Å². The summed E-state index contributed by atoms with van der Waals surface area (Å²) in [5.41, 5.74) is 1.26. The van der Waals surface area contributed by atoms with Crippen LogP contribution >= 0.6 is 23.6 Å². The fraction of sp³-hybridized carbons (Fsp3) is 0.222. The summed E-state index contributed by atoms with van der Waals surface area (Å²) in [6.45, 7) is 0.847. The van der Waals surface area contributed by atoms with Gasteiger partial charge in [-0.3, -0.25) is 10.1 Å². The Labute approximate surface area is 96.4 Å². The molecule has 0 saturated heterocycles. The van der Waals surface area contributed by atoms with Gasteiger partial charge in [0, 0.05) is 18.9 Å². The standard InChI is InChI=1S/C9H10N4S2/c14-9-13-12-8(15-9)11-6-3-7-1-4-10-5-2-7/h1-2,4-5H,3,6H2,(H,11,12)(H,13,14). The monoisotopic (exact) mass is 238 g/mol. The van der Waals surface area contributed by atoms with Gasteiger partial charge in [0.25, 0.3) is 0 Å². The molecular formula is C9H10N4S2. The minimum atomic E-state index is 0.696. The molecule has 0 saturated carbocycles. The number of nitrogens with zero attached hydrogens (tertiary/aromatic N) is 2. The first-order valence-electron chi connectivity index (χ1n) is 4.53. The molecule has 2 rings (SSSR count). The lowest BCUT2D eigenvalue weighted by Gasteiger charge is -2.01. The van der Waals surface area contributed by atoms with E-state index in [9.17, 15) is 0 Å². The Morgan fingerprint density at radius 3 is 2.87 bits per heavy atom. The average molecular weight is 238 g/mol. The van der Waals surface area contributed by atoms with Crippen LogP contribution in [0.15, 0.2) is 24.5 Å². The van der Waals surface area contributed by atoms with Gasteiger partial charge in [0.05, 0.1) is 0 Å². The van der Waals surface area contributed by atoms with Crippen molar-refractivity contribution >= 4 is 28.7 Å². The summed E-state index contributed by atoms with van der Waals surface area (Å²) in [6, 6.07) is 4.02. The van der Waals surface area contributed by atoms with Crippen LogP contribution in [0.4, 0.5) is 5.13 Å². The number of aromatic nitrogens is 3. The number of aromatic amines is 1. The maximum absolute atomic E-state index is 4.93. The number of rotatable bonds is 4. The zero-order valence-electron chi connectivity index (χ0n) is 7.93. The van der Waals surface area contributed by atoms with Crippen molar-refractivity contribution in [2.45, 2.75) is 6.42 Å². The lowest BCUT2D eigenvalue weighted by Crippen LogP contribution is -2.04. The Morgan fingerprint density at radius 2 is 2.20 bits per heavy atom. The van der Waals surface area contributed by atoms with Crippen molar-refractivity contribution in [2.75, 3.05) is 11.9 Å². The van der Waals surface area contributed by atoms with Crippen molar-refractivity contribution in [2.24, 2.45) is 0 Å². The molecule has 0 amide bonds. The molecule has 2 aromatic rings. The number of hydrogen-bond acceptors (Lipinski definition) is 5. The minimum Gasteiger partial charge on any atom is -0.360 e. The third-order valence-corrected chi connectivity index (χ3v) is 2.92. The van der Waals surface area contributed by atoms with Crippen molar-refractivity contribution in [1.29, 1.82) is 0 Å². The predicted octanol–water partition coefficient (Wildman–Crippen LogP) is 2.25. The van der Waals surface area contributed by atoms with Crippen LogP contribution in [0.2, 0.25) is 0 Å². The molecule has 0 aliphatic rings. The van der Waals surface area contributed by atoms with Gasteiger partial charge >= 0.3 is 0 Å². The highest BCUT2D eigenvalue weighted by atomic mass is 32.1. The summed E-state index contributed by atoms with van der Waals surface area (Å²) in [6.07, 6.45) is 4.55. The van der Waals surface area contributed by atoms with Gasteiger partial charge in [-0.1, -0.05) is 11.3 Å². The topological polar surface area (TPSA) is 53.6 Å². The second-order valence-electron chi connectivity index (χ2n) is 2.95. The van der Waals surface area contributed by atoms with Crippen molar-refractivity contribution in [3.63, 3.8) is 0 Å². The first-order chi connectivity index (χ1) is 7.34. The molecule has 0 aliphatic carbocycles. The van der Waals surface area contributed by atoms with Crippen LogP contribution in [-0.4, -0.2) is 21.7 Å². The molecule has 4 nitrogen and oxygen atoms in total. The van der Waals surface area contributed by atoms with Crippen LogP contribution in [0.25, 0.3) is 0 Å². The molecule has 15 heavy (non-hydrogen) atoms. The van der Waals surface area contributed by atoms with Gasteiger partial charge in [-0.05, 0) is 36.3 Å². The molecule has 0 atom stereocenters. The first kappa shape index (κ1) is 10.3. The van der Waals surface area contributed by atoms with Gasteiger partial charge < -0.3 is 5.32 Å². The molecule has 2 N–H and O–H groups in total.